The zero-order valence-electron chi connectivity index (χ0n) is 15.6. The lowest BCUT2D eigenvalue weighted by molar-refractivity contribution is -0.124. The van der Waals surface area contributed by atoms with Gasteiger partial charge in [0.15, 0.2) is 11.5 Å². The van der Waals surface area contributed by atoms with Gasteiger partial charge in [0.25, 0.3) is 11.8 Å². The summed E-state index contributed by atoms with van der Waals surface area (Å²) in [5, 5.41) is 7.15. The smallest absolute Gasteiger partial charge is 0.279 e. The number of rotatable bonds is 6. The van der Waals surface area contributed by atoms with E-state index in [-0.39, 0.29) is 17.3 Å². The number of benzene rings is 2. The zero-order chi connectivity index (χ0) is 21.1. The monoisotopic (exact) mass is 410 g/mol. The second-order valence-corrected chi connectivity index (χ2v) is 6.27. The van der Waals surface area contributed by atoms with Gasteiger partial charge in [-0.15, -0.1) is 5.10 Å². The molecule has 1 aliphatic rings. The molecule has 4 rings (SSSR count). The van der Waals surface area contributed by atoms with E-state index >= 15 is 0 Å². The SMILES string of the molecule is NC(=O)C(N)Oc1cccc(C(=O)n2cnc(Nc3ccc4c(c3)OCCO4)n2)c1. The summed E-state index contributed by atoms with van der Waals surface area (Å²) in [6.07, 6.45) is -0.0331. The predicted molar refractivity (Wildman–Crippen MR) is 105 cm³/mol. The molecule has 2 heterocycles. The Labute approximate surface area is 170 Å². The minimum absolute atomic E-state index is 0.224. The van der Waals surface area contributed by atoms with E-state index in [4.69, 9.17) is 25.7 Å². The van der Waals surface area contributed by atoms with Gasteiger partial charge in [0.05, 0.1) is 0 Å². The van der Waals surface area contributed by atoms with E-state index in [1.165, 1.54) is 12.4 Å². The third kappa shape index (κ3) is 4.15. The molecule has 0 aliphatic carbocycles. The Bertz CT molecular complexity index is 1100. The molecule has 2 aromatic carbocycles. The van der Waals surface area contributed by atoms with Crippen LogP contribution < -0.4 is 31.0 Å². The summed E-state index contributed by atoms with van der Waals surface area (Å²) in [6.45, 7) is 0.986. The summed E-state index contributed by atoms with van der Waals surface area (Å²) < 4.78 is 17.3. The van der Waals surface area contributed by atoms with Crippen molar-refractivity contribution in [3.05, 3.63) is 54.4 Å². The van der Waals surface area contributed by atoms with E-state index in [1.54, 1.807) is 36.4 Å². The summed E-state index contributed by atoms with van der Waals surface area (Å²) in [5.74, 6) is 0.463. The third-order valence-corrected chi connectivity index (χ3v) is 4.12. The number of fused-ring (bicyclic) bond motifs is 1. The van der Waals surface area contributed by atoms with Crippen molar-refractivity contribution < 1.29 is 23.8 Å². The van der Waals surface area contributed by atoms with Crippen molar-refractivity contribution in [3.8, 4) is 17.2 Å². The molecule has 1 atom stereocenters. The van der Waals surface area contributed by atoms with E-state index in [9.17, 15) is 9.59 Å². The van der Waals surface area contributed by atoms with Gasteiger partial charge in [0.2, 0.25) is 12.2 Å². The van der Waals surface area contributed by atoms with Gasteiger partial charge in [0, 0.05) is 17.3 Å². The van der Waals surface area contributed by atoms with Gasteiger partial charge in [-0.1, -0.05) is 6.07 Å². The fraction of sp³-hybridized carbons (Fsp3) is 0.158. The van der Waals surface area contributed by atoms with Crippen molar-refractivity contribution in [2.24, 2.45) is 11.5 Å². The molecule has 1 aromatic heterocycles. The lowest BCUT2D eigenvalue weighted by Crippen LogP contribution is -2.41. The first-order valence-corrected chi connectivity index (χ1v) is 8.94. The molecule has 1 amide bonds. The highest BCUT2D eigenvalue weighted by Crippen LogP contribution is 2.33. The number of primary amides is 1. The fourth-order valence-electron chi connectivity index (χ4n) is 2.71. The number of nitrogens with zero attached hydrogens (tertiary/aromatic N) is 3. The van der Waals surface area contributed by atoms with Crippen LogP contribution in [0.2, 0.25) is 0 Å². The van der Waals surface area contributed by atoms with Crippen LogP contribution in [0.3, 0.4) is 0 Å². The van der Waals surface area contributed by atoms with Crippen molar-refractivity contribution in [2.45, 2.75) is 6.23 Å². The number of ether oxygens (including phenoxy) is 3. The molecule has 0 saturated carbocycles. The highest BCUT2D eigenvalue weighted by atomic mass is 16.6. The molecule has 0 spiro atoms. The Morgan fingerprint density at radius 1 is 1.13 bits per heavy atom. The van der Waals surface area contributed by atoms with Crippen molar-refractivity contribution in [1.82, 2.24) is 14.8 Å². The largest absolute Gasteiger partial charge is 0.486 e. The van der Waals surface area contributed by atoms with E-state index in [0.717, 1.165) is 4.68 Å². The molecule has 11 heteroatoms. The van der Waals surface area contributed by atoms with Gasteiger partial charge in [0.1, 0.15) is 25.3 Å². The molecule has 11 nitrogen and oxygen atoms in total. The van der Waals surface area contributed by atoms with Gasteiger partial charge in [-0.25, -0.2) is 0 Å². The Morgan fingerprint density at radius 3 is 2.73 bits per heavy atom. The average molecular weight is 410 g/mol. The molecule has 30 heavy (non-hydrogen) atoms. The number of nitrogens with two attached hydrogens (primary N) is 2. The van der Waals surface area contributed by atoms with Gasteiger partial charge in [-0.3, -0.25) is 15.3 Å². The number of aromatic nitrogens is 3. The summed E-state index contributed by atoms with van der Waals surface area (Å²) in [6, 6.07) is 11.5. The number of hydrogen-bond acceptors (Lipinski definition) is 9. The van der Waals surface area contributed by atoms with Crippen molar-refractivity contribution >= 4 is 23.5 Å². The first kappa shape index (κ1) is 19.2. The van der Waals surface area contributed by atoms with E-state index < -0.39 is 18.0 Å². The minimum atomic E-state index is -1.32. The predicted octanol–water partition coefficient (Wildman–Crippen LogP) is 0.630. The highest BCUT2D eigenvalue weighted by Gasteiger charge is 2.16. The number of nitrogens with one attached hydrogen (secondary N) is 1. The molecule has 0 radical (unpaired) electrons. The quantitative estimate of drug-likeness (QED) is 0.496. The lowest BCUT2D eigenvalue weighted by Gasteiger charge is -2.18. The van der Waals surface area contributed by atoms with Crippen LogP contribution in [0.25, 0.3) is 0 Å². The Balaban J connectivity index is 1.47. The summed E-state index contributed by atoms with van der Waals surface area (Å²) in [7, 11) is 0. The maximum absolute atomic E-state index is 12.7. The zero-order valence-corrected chi connectivity index (χ0v) is 15.6. The van der Waals surface area contributed by atoms with Crippen LogP contribution in [-0.2, 0) is 4.79 Å². The van der Waals surface area contributed by atoms with Crippen LogP contribution in [0.4, 0.5) is 11.6 Å². The van der Waals surface area contributed by atoms with Crippen LogP contribution in [-0.4, -0.2) is 46.0 Å². The van der Waals surface area contributed by atoms with E-state index in [0.29, 0.717) is 30.4 Å². The Kier molecular flexibility index (Phi) is 5.18. The van der Waals surface area contributed by atoms with E-state index in [2.05, 4.69) is 15.4 Å². The Hall–Kier alpha value is -4.12. The van der Waals surface area contributed by atoms with Crippen LogP contribution in [0.15, 0.2) is 48.8 Å². The Morgan fingerprint density at radius 2 is 1.93 bits per heavy atom. The highest BCUT2D eigenvalue weighted by molar-refractivity contribution is 5.95. The molecule has 1 aliphatic heterocycles. The summed E-state index contributed by atoms with van der Waals surface area (Å²) >= 11 is 0. The standard InChI is InChI=1S/C19H18N6O5/c20-16(26)17(21)30-13-3-1-2-11(8-13)18(27)25-10-22-19(24-25)23-12-4-5-14-15(9-12)29-7-6-28-14/h1-5,8-10,17H,6-7,21H2,(H2,20,26)(H,23,24). The first-order valence-electron chi connectivity index (χ1n) is 8.94. The molecule has 0 bridgehead atoms. The molecular weight excluding hydrogens is 392 g/mol. The van der Waals surface area contributed by atoms with Crippen molar-refractivity contribution in [2.75, 3.05) is 18.5 Å². The summed E-state index contributed by atoms with van der Waals surface area (Å²) in [4.78, 5) is 27.8. The number of anilines is 2. The molecule has 0 fully saturated rings. The molecule has 1 unspecified atom stereocenters. The third-order valence-electron chi connectivity index (χ3n) is 4.12. The van der Waals surface area contributed by atoms with Crippen molar-refractivity contribution in [3.63, 3.8) is 0 Å². The average Bonchev–Trinajstić information content (AvgIpc) is 3.21. The van der Waals surface area contributed by atoms with Crippen LogP contribution in [0, 0.1) is 0 Å². The topological polar surface area (TPSA) is 157 Å². The molecule has 5 N–H and O–H groups in total. The van der Waals surface area contributed by atoms with Crippen LogP contribution >= 0.6 is 0 Å². The van der Waals surface area contributed by atoms with Gasteiger partial charge in [-0.05, 0) is 30.3 Å². The van der Waals surface area contributed by atoms with Gasteiger partial charge in [-0.2, -0.15) is 9.67 Å². The fourth-order valence-corrected chi connectivity index (χ4v) is 2.71. The maximum Gasteiger partial charge on any atom is 0.279 e. The number of hydrogen-bond donors (Lipinski definition) is 3. The molecule has 3 aromatic rings. The second kappa shape index (κ2) is 8.09. The first-order chi connectivity index (χ1) is 14.5. The van der Waals surface area contributed by atoms with Gasteiger partial charge < -0.3 is 25.3 Å². The lowest BCUT2D eigenvalue weighted by atomic mass is 10.2. The van der Waals surface area contributed by atoms with Crippen LogP contribution in [0.5, 0.6) is 17.2 Å². The van der Waals surface area contributed by atoms with Gasteiger partial charge >= 0.3 is 0 Å². The second-order valence-electron chi connectivity index (χ2n) is 6.27. The molecule has 154 valence electrons. The number of carbonyl (C=O) groups is 2. The van der Waals surface area contributed by atoms with Crippen molar-refractivity contribution in [1.29, 1.82) is 0 Å². The normalized spacial score (nSPS) is 13.4. The molecular formula is C19H18N6O5. The summed E-state index contributed by atoms with van der Waals surface area (Å²) in [5.41, 5.74) is 11.5. The number of amides is 1. The minimum Gasteiger partial charge on any atom is -0.486 e. The maximum atomic E-state index is 12.7. The van der Waals surface area contributed by atoms with E-state index in [1.807, 2.05) is 0 Å². The van der Waals surface area contributed by atoms with Crippen LogP contribution in [0.1, 0.15) is 10.4 Å². The number of carbonyl (C=O) groups excluding carboxylic acids is 2. The molecule has 0 saturated heterocycles.